The second-order valence-corrected chi connectivity index (χ2v) is 8.42. The predicted molar refractivity (Wildman–Crippen MR) is 102 cm³/mol. The van der Waals surface area contributed by atoms with Gasteiger partial charge in [-0.15, -0.1) is 0 Å². The molecule has 3 heterocycles. The highest BCUT2D eigenvalue weighted by atomic mass is 35.5. The first-order chi connectivity index (χ1) is 13.8. The SMILES string of the molecule is O=C(CC1CC2OC(CNCc3ccccc3Cl)C(O)C2O1)N1CCC(F)(F)C1. The lowest BCUT2D eigenvalue weighted by Gasteiger charge is -2.22. The van der Waals surface area contributed by atoms with Crippen molar-refractivity contribution in [3.05, 3.63) is 34.9 Å². The number of carbonyl (C=O) groups is 1. The molecule has 3 fully saturated rings. The van der Waals surface area contributed by atoms with Crippen molar-refractivity contribution in [2.45, 2.75) is 62.2 Å². The van der Waals surface area contributed by atoms with Gasteiger partial charge in [-0.05, 0) is 11.6 Å². The van der Waals surface area contributed by atoms with E-state index in [9.17, 15) is 18.7 Å². The van der Waals surface area contributed by atoms with Crippen molar-refractivity contribution >= 4 is 17.5 Å². The van der Waals surface area contributed by atoms with E-state index in [1.165, 1.54) is 4.90 Å². The summed E-state index contributed by atoms with van der Waals surface area (Å²) in [5.41, 5.74) is 0.962. The summed E-state index contributed by atoms with van der Waals surface area (Å²) in [4.78, 5) is 13.4. The van der Waals surface area contributed by atoms with Crippen molar-refractivity contribution in [2.75, 3.05) is 19.6 Å². The van der Waals surface area contributed by atoms with Crippen LogP contribution in [0, 0.1) is 0 Å². The molecule has 29 heavy (non-hydrogen) atoms. The van der Waals surface area contributed by atoms with E-state index >= 15 is 0 Å². The summed E-state index contributed by atoms with van der Waals surface area (Å²) < 4.78 is 38.3. The van der Waals surface area contributed by atoms with Gasteiger partial charge in [0.2, 0.25) is 5.91 Å². The summed E-state index contributed by atoms with van der Waals surface area (Å²) in [6.07, 6.45) is -2.22. The van der Waals surface area contributed by atoms with Crippen molar-refractivity contribution < 1.29 is 28.2 Å². The number of nitrogens with one attached hydrogen (secondary N) is 1. The van der Waals surface area contributed by atoms with Gasteiger partial charge >= 0.3 is 0 Å². The summed E-state index contributed by atoms with van der Waals surface area (Å²) in [5.74, 6) is -3.13. The molecule has 0 spiro atoms. The van der Waals surface area contributed by atoms with Gasteiger partial charge in [-0.2, -0.15) is 0 Å². The number of carbonyl (C=O) groups excluding carboxylic acids is 1. The third kappa shape index (κ3) is 4.72. The molecule has 2 N–H and O–H groups in total. The molecule has 0 aromatic heterocycles. The van der Waals surface area contributed by atoms with Crippen LogP contribution in [0.15, 0.2) is 24.3 Å². The highest BCUT2D eigenvalue weighted by molar-refractivity contribution is 6.31. The van der Waals surface area contributed by atoms with Crippen LogP contribution in [0.4, 0.5) is 8.78 Å². The van der Waals surface area contributed by atoms with E-state index in [1.807, 2.05) is 24.3 Å². The normalized spacial score (nSPS) is 33.2. The number of fused-ring (bicyclic) bond motifs is 1. The molecule has 0 aliphatic carbocycles. The summed E-state index contributed by atoms with van der Waals surface area (Å²) in [6, 6.07) is 7.52. The molecule has 6 nitrogen and oxygen atoms in total. The van der Waals surface area contributed by atoms with Crippen LogP contribution in [0.2, 0.25) is 5.02 Å². The molecule has 9 heteroatoms. The Morgan fingerprint density at radius 1 is 1.34 bits per heavy atom. The van der Waals surface area contributed by atoms with Crippen LogP contribution in [0.3, 0.4) is 0 Å². The fraction of sp³-hybridized carbons (Fsp3) is 0.650. The number of alkyl halides is 2. The van der Waals surface area contributed by atoms with Crippen molar-refractivity contribution in [2.24, 2.45) is 0 Å². The summed E-state index contributed by atoms with van der Waals surface area (Å²) in [5, 5.41) is 14.4. The Kier molecular flexibility index (Phi) is 6.09. The van der Waals surface area contributed by atoms with Gasteiger partial charge < -0.3 is 24.8 Å². The van der Waals surface area contributed by atoms with Gasteiger partial charge in [0, 0.05) is 37.5 Å². The standard InChI is InChI=1S/C20H25ClF2N2O4/c21-14-4-2-1-3-12(14)9-24-10-16-18(27)19-15(29-16)7-13(28-19)8-17(26)25-6-5-20(22,23)11-25/h1-4,13,15-16,18-19,24,27H,5-11H2. The number of rotatable bonds is 6. The van der Waals surface area contributed by atoms with E-state index in [4.69, 9.17) is 21.1 Å². The minimum absolute atomic E-state index is 0.0363. The first-order valence-electron chi connectivity index (χ1n) is 9.91. The summed E-state index contributed by atoms with van der Waals surface area (Å²) in [7, 11) is 0. The van der Waals surface area contributed by atoms with E-state index < -0.39 is 36.9 Å². The van der Waals surface area contributed by atoms with Crippen LogP contribution in [0.1, 0.15) is 24.8 Å². The van der Waals surface area contributed by atoms with Crippen LogP contribution < -0.4 is 5.32 Å². The second kappa shape index (κ2) is 8.43. The molecule has 0 bridgehead atoms. The molecular weight excluding hydrogens is 406 g/mol. The molecule has 0 saturated carbocycles. The Labute approximate surface area is 173 Å². The minimum atomic E-state index is -2.80. The topological polar surface area (TPSA) is 71.0 Å². The number of nitrogens with zero attached hydrogens (tertiary/aromatic N) is 1. The third-order valence-corrected chi connectivity index (χ3v) is 6.19. The number of likely N-dealkylation sites (tertiary alicyclic amines) is 1. The smallest absolute Gasteiger partial charge is 0.267 e. The zero-order chi connectivity index (χ0) is 20.6. The molecule has 0 radical (unpaired) electrons. The first kappa shape index (κ1) is 20.9. The maximum absolute atomic E-state index is 13.3. The largest absolute Gasteiger partial charge is 0.388 e. The molecule has 5 unspecified atom stereocenters. The fourth-order valence-corrected chi connectivity index (χ4v) is 4.47. The number of ether oxygens (including phenoxy) is 2. The van der Waals surface area contributed by atoms with Gasteiger partial charge in [-0.3, -0.25) is 4.79 Å². The first-order valence-corrected chi connectivity index (χ1v) is 10.3. The lowest BCUT2D eigenvalue weighted by atomic mass is 10.1. The quantitative estimate of drug-likeness (QED) is 0.722. The predicted octanol–water partition coefficient (Wildman–Crippen LogP) is 1.97. The number of halogens is 3. The molecule has 1 amide bonds. The minimum Gasteiger partial charge on any atom is -0.388 e. The number of hydrogen-bond acceptors (Lipinski definition) is 5. The summed E-state index contributed by atoms with van der Waals surface area (Å²) in [6.45, 7) is 0.544. The molecule has 1 aromatic rings. The van der Waals surface area contributed by atoms with E-state index in [2.05, 4.69) is 5.32 Å². The Balaban J connectivity index is 1.22. The van der Waals surface area contributed by atoms with Crippen molar-refractivity contribution in [3.63, 3.8) is 0 Å². The zero-order valence-electron chi connectivity index (χ0n) is 15.9. The highest BCUT2D eigenvalue weighted by Crippen LogP contribution is 2.36. The molecule has 3 aliphatic rings. The third-order valence-electron chi connectivity index (χ3n) is 5.82. The van der Waals surface area contributed by atoms with Crippen LogP contribution in [0.5, 0.6) is 0 Å². The van der Waals surface area contributed by atoms with Gasteiger partial charge in [0.25, 0.3) is 5.92 Å². The Morgan fingerprint density at radius 2 is 2.14 bits per heavy atom. The van der Waals surface area contributed by atoms with E-state index in [-0.39, 0.29) is 31.4 Å². The average Bonchev–Trinajstić information content (AvgIpc) is 3.31. The number of amides is 1. The molecule has 160 valence electrons. The fourth-order valence-electron chi connectivity index (χ4n) is 4.27. The van der Waals surface area contributed by atoms with E-state index in [0.717, 1.165) is 5.56 Å². The Bertz CT molecular complexity index is 753. The van der Waals surface area contributed by atoms with E-state index in [0.29, 0.717) is 24.5 Å². The Hall–Kier alpha value is -1.32. The lowest BCUT2D eigenvalue weighted by molar-refractivity contribution is -0.135. The van der Waals surface area contributed by atoms with Crippen LogP contribution >= 0.6 is 11.6 Å². The van der Waals surface area contributed by atoms with Gasteiger partial charge in [0.15, 0.2) is 0 Å². The van der Waals surface area contributed by atoms with Crippen LogP contribution in [0.25, 0.3) is 0 Å². The van der Waals surface area contributed by atoms with E-state index in [1.54, 1.807) is 0 Å². The van der Waals surface area contributed by atoms with Crippen molar-refractivity contribution in [1.82, 2.24) is 10.2 Å². The molecule has 5 atom stereocenters. The molecule has 3 saturated heterocycles. The number of hydrogen-bond donors (Lipinski definition) is 2. The zero-order valence-corrected chi connectivity index (χ0v) is 16.7. The lowest BCUT2D eigenvalue weighted by Crippen LogP contribution is -2.39. The number of benzene rings is 1. The van der Waals surface area contributed by atoms with Crippen LogP contribution in [-0.4, -0.2) is 72.0 Å². The van der Waals surface area contributed by atoms with Crippen molar-refractivity contribution in [1.29, 1.82) is 0 Å². The number of aliphatic hydroxyl groups is 1. The molecule has 4 rings (SSSR count). The molecule has 1 aromatic carbocycles. The summed E-state index contributed by atoms with van der Waals surface area (Å²) >= 11 is 6.13. The van der Waals surface area contributed by atoms with Crippen molar-refractivity contribution in [3.8, 4) is 0 Å². The van der Waals surface area contributed by atoms with Gasteiger partial charge in [0.05, 0.1) is 31.3 Å². The average molecular weight is 431 g/mol. The maximum Gasteiger partial charge on any atom is 0.267 e. The second-order valence-electron chi connectivity index (χ2n) is 8.01. The molecule has 3 aliphatic heterocycles. The van der Waals surface area contributed by atoms with Gasteiger partial charge in [0.1, 0.15) is 12.2 Å². The van der Waals surface area contributed by atoms with Gasteiger partial charge in [-0.25, -0.2) is 8.78 Å². The van der Waals surface area contributed by atoms with Crippen LogP contribution in [-0.2, 0) is 20.8 Å². The monoisotopic (exact) mass is 430 g/mol. The maximum atomic E-state index is 13.3. The highest BCUT2D eigenvalue weighted by Gasteiger charge is 2.51. The molecular formula is C20H25ClF2N2O4. The van der Waals surface area contributed by atoms with Gasteiger partial charge in [-0.1, -0.05) is 29.8 Å². The number of aliphatic hydroxyl groups excluding tert-OH is 1. The Morgan fingerprint density at radius 3 is 2.83 bits per heavy atom.